The Labute approximate surface area is 143 Å². The Morgan fingerprint density at radius 1 is 1.25 bits per heavy atom. The molecule has 0 fully saturated rings. The van der Waals surface area contributed by atoms with Gasteiger partial charge in [0, 0.05) is 0 Å². The number of benzene rings is 2. The lowest BCUT2D eigenvalue weighted by Gasteiger charge is -2.14. The van der Waals surface area contributed by atoms with Crippen molar-refractivity contribution in [2.75, 3.05) is 11.9 Å². The monoisotopic (exact) mass is 343 g/mol. The average Bonchev–Trinajstić information content (AvgIpc) is 3.12. The van der Waals surface area contributed by atoms with Crippen LogP contribution in [0.1, 0.15) is 17.3 Å². The Balaban J connectivity index is 1.94. The summed E-state index contributed by atoms with van der Waals surface area (Å²) in [7, 11) is 0. The van der Waals surface area contributed by atoms with E-state index in [1.807, 2.05) is 6.92 Å². The summed E-state index contributed by atoms with van der Waals surface area (Å²) in [4.78, 5) is 12.7. The van der Waals surface area contributed by atoms with Crippen molar-refractivity contribution in [1.29, 1.82) is 0 Å². The van der Waals surface area contributed by atoms with Crippen LogP contribution in [0.5, 0.6) is 5.75 Å². The molecule has 0 aliphatic heterocycles. The third kappa shape index (κ3) is 3.21. The summed E-state index contributed by atoms with van der Waals surface area (Å²) in [6.07, 6.45) is 1.43. The van der Waals surface area contributed by atoms with Gasteiger partial charge in [-0.3, -0.25) is 4.79 Å². The molecule has 3 aromatic rings. The van der Waals surface area contributed by atoms with Crippen molar-refractivity contribution in [3.05, 3.63) is 59.4 Å². The number of para-hydroxylation sites is 2. The largest absolute Gasteiger partial charge is 0.490 e. The first-order valence-corrected chi connectivity index (χ1v) is 7.63. The molecule has 3 rings (SSSR count). The Morgan fingerprint density at radius 2 is 2.08 bits per heavy atom. The molecule has 7 nitrogen and oxygen atoms in total. The summed E-state index contributed by atoms with van der Waals surface area (Å²) in [5, 5.41) is 14.3. The van der Waals surface area contributed by atoms with E-state index in [4.69, 9.17) is 16.3 Å². The van der Waals surface area contributed by atoms with Gasteiger partial charge in [-0.25, -0.2) is 0 Å². The first kappa shape index (κ1) is 15.9. The van der Waals surface area contributed by atoms with E-state index in [2.05, 4.69) is 20.8 Å². The van der Waals surface area contributed by atoms with E-state index in [9.17, 15) is 4.79 Å². The summed E-state index contributed by atoms with van der Waals surface area (Å²) in [5.74, 6) is 0.124. The smallest absolute Gasteiger partial charge is 0.257 e. The lowest BCUT2D eigenvalue weighted by Crippen LogP contribution is -2.16. The fraction of sp³-hybridized carbons (Fsp3) is 0.125. The van der Waals surface area contributed by atoms with Gasteiger partial charge in [-0.2, -0.15) is 4.68 Å². The van der Waals surface area contributed by atoms with Crippen LogP contribution >= 0.6 is 11.6 Å². The Bertz CT molecular complexity index is 851. The van der Waals surface area contributed by atoms with Crippen LogP contribution in [0.4, 0.5) is 5.69 Å². The maximum atomic E-state index is 12.7. The lowest BCUT2D eigenvalue weighted by molar-refractivity contribution is 0.102. The van der Waals surface area contributed by atoms with E-state index in [0.717, 1.165) is 0 Å². The van der Waals surface area contributed by atoms with Crippen molar-refractivity contribution in [3.63, 3.8) is 0 Å². The molecule has 24 heavy (non-hydrogen) atoms. The van der Waals surface area contributed by atoms with Gasteiger partial charge in [0.05, 0.1) is 28.6 Å². The zero-order valence-corrected chi connectivity index (χ0v) is 13.6. The van der Waals surface area contributed by atoms with Crippen molar-refractivity contribution in [1.82, 2.24) is 20.2 Å². The molecular formula is C16H14ClN5O2. The Hall–Kier alpha value is -2.93. The molecule has 0 aliphatic carbocycles. The van der Waals surface area contributed by atoms with Gasteiger partial charge in [-0.05, 0) is 41.6 Å². The molecule has 0 bridgehead atoms. The number of hydrogen-bond acceptors (Lipinski definition) is 5. The van der Waals surface area contributed by atoms with E-state index in [0.29, 0.717) is 34.3 Å². The van der Waals surface area contributed by atoms with Gasteiger partial charge in [-0.15, -0.1) is 5.10 Å². The van der Waals surface area contributed by atoms with Crippen molar-refractivity contribution < 1.29 is 9.53 Å². The molecule has 1 N–H and O–H groups in total. The maximum absolute atomic E-state index is 12.7. The molecule has 0 radical (unpaired) electrons. The number of halogens is 1. The zero-order valence-electron chi connectivity index (χ0n) is 12.8. The number of carbonyl (C=O) groups excluding carboxylic acids is 1. The van der Waals surface area contributed by atoms with Gasteiger partial charge in [-0.1, -0.05) is 29.8 Å². The van der Waals surface area contributed by atoms with E-state index in [1.54, 1.807) is 42.5 Å². The number of tetrazole rings is 1. The molecule has 1 aromatic heterocycles. The van der Waals surface area contributed by atoms with E-state index >= 15 is 0 Å². The number of amides is 1. The summed E-state index contributed by atoms with van der Waals surface area (Å²) in [5.41, 5.74) is 1.49. The highest BCUT2D eigenvalue weighted by molar-refractivity contribution is 6.32. The highest BCUT2D eigenvalue weighted by Crippen LogP contribution is 2.33. The number of carbonyl (C=O) groups is 1. The molecule has 0 spiro atoms. The van der Waals surface area contributed by atoms with Gasteiger partial charge in [0.25, 0.3) is 5.91 Å². The Kier molecular flexibility index (Phi) is 4.72. The number of aromatic nitrogens is 4. The van der Waals surface area contributed by atoms with Crippen LogP contribution in [0.3, 0.4) is 0 Å². The summed E-state index contributed by atoms with van der Waals surface area (Å²) >= 11 is 6.14. The summed E-state index contributed by atoms with van der Waals surface area (Å²) in [6, 6.07) is 12.2. The molecule has 0 saturated carbocycles. The number of anilines is 1. The van der Waals surface area contributed by atoms with Gasteiger partial charge >= 0.3 is 0 Å². The minimum absolute atomic E-state index is 0.315. The normalized spacial score (nSPS) is 10.4. The third-order valence-corrected chi connectivity index (χ3v) is 3.55. The van der Waals surface area contributed by atoms with Gasteiger partial charge in [0.2, 0.25) is 0 Å². The molecule has 0 aliphatic rings. The quantitative estimate of drug-likeness (QED) is 0.770. The van der Waals surface area contributed by atoms with Crippen LogP contribution in [0.2, 0.25) is 5.02 Å². The number of nitrogens with one attached hydrogen (secondary N) is 1. The predicted octanol–water partition coefficient (Wildman–Crippen LogP) is 2.97. The second-order valence-electron chi connectivity index (χ2n) is 4.78. The van der Waals surface area contributed by atoms with Crippen LogP contribution in [-0.4, -0.2) is 32.7 Å². The zero-order chi connectivity index (χ0) is 16.9. The molecular weight excluding hydrogens is 330 g/mol. The first-order chi connectivity index (χ1) is 11.7. The van der Waals surface area contributed by atoms with Gasteiger partial charge in [0.1, 0.15) is 6.33 Å². The van der Waals surface area contributed by atoms with Crippen LogP contribution in [0, 0.1) is 0 Å². The van der Waals surface area contributed by atoms with E-state index in [-0.39, 0.29) is 5.91 Å². The van der Waals surface area contributed by atoms with Crippen LogP contribution < -0.4 is 10.1 Å². The van der Waals surface area contributed by atoms with Crippen molar-refractivity contribution >= 4 is 23.2 Å². The number of nitrogens with zero attached hydrogens (tertiary/aromatic N) is 4. The molecule has 0 unspecified atom stereocenters. The Morgan fingerprint density at radius 3 is 2.83 bits per heavy atom. The third-order valence-electron chi connectivity index (χ3n) is 3.25. The fourth-order valence-corrected chi connectivity index (χ4v) is 2.45. The lowest BCUT2D eigenvalue weighted by atomic mass is 10.1. The van der Waals surface area contributed by atoms with Crippen molar-refractivity contribution in [3.8, 4) is 11.4 Å². The molecule has 0 saturated heterocycles. The van der Waals surface area contributed by atoms with Crippen molar-refractivity contribution in [2.45, 2.75) is 6.92 Å². The average molecular weight is 344 g/mol. The number of rotatable bonds is 5. The van der Waals surface area contributed by atoms with Gasteiger partial charge in [0.15, 0.2) is 5.75 Å². The first-order valence-electron chi connectivity index (χ1n) is 7.25. The van der Waals surface area contributed by atoms with E-state index in [1.165, 1.54) is 11.0 Å². The molecule has 122 valence electrons. The minimum Gasteiger partial charge on any atom is -0.490 e. The van der Waals surface area contributed by atoms with Crippen LogP contribution in [0.25, 0.3) is 5.69 Å². The highest BCUT2D eigenvalue weighted by atomic mass is 35.5. The summed E-state index contributed by atoms with van der Waals surface area (Å²) in [6.45, 7) is 2.29. The van der Waals surface area contributed by atoms with E-state index < -0.39 is 0 Å². The fourth-order valence-electron chi connectivity index (χ4n) is 2.23. The second kappa shape index (κ2) is 7.10. The molecule has 0 atom stereocenters. The summed E-state index contributed by atoms with van der Waals surface area (Å²) < 4.78 is 6.95. The second-order valence-corrected chi connectivity index (χ2v) is 5.18. The highest BCUT2D eigenvalue weighted by Gasteiger charge is 2.16. The topological polar surface area (TPSA) is 81.9 Å². The van der Waals surface area contributed by atoms with Crippen molar-refractivity contribution in [2.24, 2.45) is 0 Å². The molecule has 1 amide bonds. The number of ether oxygens (including phenoxy) is 1. The number of hydrogen-bond donors (Lipinski definition) is 1. The SMILES string of the molecule is CCOc1c(Cl)cccc1NC(=O)c1ccccc1-n1cnnn1. The van der Waals surface area contributed by atoms with Crippen LogP contribution in [0.15, 0.2) is 48.8 Å². The standard InChI is InChI=1S/C16H14ClN5O2/c1-2-24-15-12(17)7-5-8-13(15)19-16(23)11-6-3-4-9-14(11)22-10-18-20-21-22/h3-10H,2H2,1H3,(H,19,23). The van der Waals surface area contributed by atoms with Gasteiger partial charge < -0.3 is 10.1 Å². The predicted molar refractivity (Wildman–Crippen MR) is 89.7 cm³/mol. The van der Waals surface area contributed by atoms with Crippen LogP contribution in [-0.2, 0) is 0 Å². The molecule has 8 heteroatoms. The maximum Gasteiger partial charge on any atom is 0.257 e. The molecule has 2 aromatic carbocycles. The minimum atomic E-state index is -0.315. The molecule has 1 heterocycles.